The minimum Gasteiger partial charge on any atom is -0.508 e. The van der Waals surface area contributed by atoms with Gasteiger partial charge in [-0.2, -0.15) is 0 Å². The number of hydrogen-bond donors (Lipinski definition) is 24. The maximum Gasteiger partial charge on any atom is 0.410 e. The van der Waals surface area contributed by atoms with Crippen LogP contribution in [-0.4, -0.2) is 235 Å². The summed E-state index contributed by atoms with van der Waals surface area (Å²) in [6.07, 6.45) is -22.8. The minimum atomic E-state index is -5.91. The molecule has 648 valence electrons. The van der Waals surface area contributed by atoms with Gasteiger partial charge in [0.2, 0.25) is 60.2 Å². The Kier molecular flexibility index (Phi) is 28.6. The van der Waals surface area contributed by atoms with Crippen LogP contribution in [0.25, 0.3) is 11.1 Å². The first-order chi connectivity index (χ1) is 55.7. The molecule has 2 saturated heterocycles. The molecule has 8 amide bonds. The summed E-state index contributed by atoms with van der Waals surface area (Å²) < 4.78 is 72.2. The van der Waals surface area contributed by atoms with Crippen LogP contribution in [-0.2, 0) is 71.2 Å². The number of esters is 1. The van der Waals surface area contributed by atoms with Gasteiger partial charge in [0, 0.05) is 47.7 Å². The van der Waals surface area contributed by atoms with E-state index in [-0.39, 0.29) is 24.3 Å². The smallest absolute Gasteiger partial charge is 0.410 e. The molecule has 12 rings (SSSR count). The topological polar surface area (TPSA) is 693 Å². The number of nitrogens with two attached hydrogens (primary N) is 2. The van der Waals surface area contributed by atoms with Crippen LogP contribution >= 0.6 is 38.4 Å². The summed E-state index contributed by atoms with van der Waals surface area (Å²) in [6, 6.07) is -2.26. The van der Waals surface area contributed by atoms with Crippen LogP contribution in [0.5, 0.6) is 46.0 Å². The molecular formula is C72H88Cl2N10O33P2. The molecule has 11 bridgehead atoms. The van der Waals surface area contributed by atoms with Crippen molar-refractivity contribution in [2.24, 2.45) is 17.4 Å². The predicted octanol–water partition coefficient (Wildman–Crippen LogP) is -0.970. The lowest BCUT2D eigenvalue weighted by molar-refractivity contribution is -0.333. The number of aliphatic hydroxyl groups excluding tert-OH is 6. The van der Waals surface area contributed by atoms with Crippen molar-refractivity contribution in [1.29, 1.82) is 0 Å². The van der Waals surface area contributed by atoms with Gasteiger partial charge >= 0.3 is 27.3 Å². The van der Waals surface area contributed by atoms with Gasteiger partial charge in [0.05, 0.1) is 41.3 Å². The number of hydrogen-bond acceptors (Lipinski definition) is 31. The van der Waals surface area contributed by atoms with E-state index in [0.29, 0.717) is 6.07 Å². The van der Waals surface area contributed by atoms with Gasteiger partial charge in [-0.15, -0.1) is 0 Å². The molecule has 0 saturated carbocycles. The third kappa shape index (κ3) is 20.5. The van der Waals surface area contributed by atoms with Crippen molar-refractivity contribution in [1.82, 2.24) is 42.5 Å². The number of benzene rings is 5. The average Bonchev–Trinajstić information content (AvgIpc) is 0.763. The van der Waals surface area contributed by atoms with E-state index in [2.05, 4.69) is 37.2 Å². The molecule has 47 heteroatoms. The number of nitrogens with one attached hydrogen (secondary N) is 8. The van der Waals surface area contributed by atoms with Crippen LogP contribution in [0.1, 0.15) is 118 Å². The number of phenolic OH excluding ortho intramolecular Hbond substituents is 3. The number of carbonyl (C=O) groups excluding carboxylic acids is 9. The summed E-state index contributed by atoms with van der Waals surface area (Å²) in [5.41, 5.74) is 7.25. The van der Waals surface area contributed by atoms with Crippen molar-refractivity contribution >= 4 is 91.8 Å². The molecule has 18 atom stereocenters. The SMILES string of the molecule is CN[C@H](CC(C)C)C(=O)N[C@H]1C(=O)N[C@@H](CC(N)=O)C(=O)N[C@H]2C(=O)N[C@H]3C(=O)N[C@H](C(=O)N[C@H](C(=O)OCOC(=O)NCCCC(O)(P(=O)(O)O)P(=O)(O)O)c4cc(O)cc(O)c4-c4cc3ccc4O)[C@H](O)c3ccc(c(Cl)c3)Oc3cc2cc(c3O[C@@H]2O[C@H](CO)[C@@H](O)[C@H](O)[C@H]2O[C@H]2C[C@](C)(N)[C@H](O)[C@H](C)O2)Oc2ccc(cc2Cl)[C@H]1O. The lowest BCUT2D eigenvalue weighted by Crippen LogP contribution is -2.64. The van der Waals surface area contributed by atoms with Gasteiger partial charge in [0.25, 0.3) is 5.08 Å². The van der Waals surface area contributed by atoms with Gasteiger partial charge in [-0.25, -0.2) is 9.59 Å². The Morgan fingerprint density at radius 2 is 1.31 bits per heavy atom. The molecule has 0 spiro atoms. The third-order valence-corrected chi connectivity index (χ3v) is 24.5. The van der Waals surface area contributed by atoms with Crippen LogP contribution in [0.3, 0.4) is 0 Å². The van der Waals surface area contributed by atoms with Gasteiger partial charge in [0.1, 0.15) is 89.5 Å². The van der Waals surface area contributed by atoms with Crippen molar-refractivity contribution < 1.29 is 161 Å². The summed E-state index contributed by atoms with van der Waals surface area (Å²) >= 11 is 14.2. The second-order valence-electron chi connectivity index (χ2n) is 29.3. The maximum atomic E-state index is 16.2. The number of aliphatic hydroxyl groups is 7. The van der Waals surface area contributed by atoms with Gasteiger partial charge in [-0.1, -0.05) is 55.2 Å². The normalized spacial score (nSPS) is 27.1. The highest BCUT2D eigenvalue weighted by molar-refractivity contribution is 7.72. The summed E-state index contributed by atoms with van der Waals surface area (Å²) in [4.78, 5) is 171. The highest BCUT2D eigenvalue weighted by Crippen LogP contribution is 2.69. The Labute approximate surface area is 684 Å². The number of halogens is 2. The maximum absolute atomic E-state index is 16.2. The van der Waals surface area contributed by atoms with Crippen molar-refractivity contribution in [2.75, 3.05) is 27.0 Å². The standard InChI is InChI=1S/C72H88Cl2N10O33P2/c1-27(2)15-38(77-5)62(95)83-53-55(90)30-8-11-42(36(73)17-30)113-44-19-32-20-45(59(44)117-69-60(58(93)57(92)46(25-85)115-69)116-48-24-71(4,76)61(94)28(3)112-48)114-43-12-9-31(18-37(43)74)56(91)54-67(100)82-52(68(101)110-26-111-70(102)78-14-6-13-72(103,118(104,105)106)119(107,108)109)35-21-33(86)22-41(88)49(35)34-16-29(7-10-40(34)87)50(64(97)84-54)81-65(98)51(32)80-63(96)39(23-47(75)89)79-66(53)99/h7-12,16-22,27-28,38-39,46,48,50-58,60-61,69,77,85-88,90-94,103H,6,13-15,23-26,76H2,1-5H3,(H2,75,89)(H,78,102)(H,79,99)(H,80,96)(H,81,98)(H,82,100)(H,83,95)(H,84,97)(H2,104,105,106)(H2,107,108,109)/t28-,38+,39-,46+,48-,50+,51+,52-,53+,54-,55+,56+,57+,58-,60+,61+,69-,71-/m0/s1. The number of aromatic hydroxyl groups is 3. The largest absolute Gasteiger partial charge is 0.508 e. The van der Waals surface area contributed by atoms with E-state index in [1.165, 1.54) is 27.0 Å². The Hall–Kier alpha value is -9.67. The fraction of sp³-hybridized carbons (Fsp3) is 0.458. The zero-order valence-electron chi connectivity index (χ0n) is 63.4. The molecule has 7 aliphatic heterocycles. The number of ether oxygens (including phenoxy) is 8. The van der Waals surface area contributed by atoms with Gasteiger partial charge in [-0.05, 0) is 117 Å². The number of likely N-dealkylation sites (N-methyl/N-ethyl adjacent to an activating group) is 1. The van der Waals surface area contributed by atoms with Crippen LogP contribution < -0.4 is 68.2 Å². The van der Waals surface area contributed by atoms with Crippen LogP contribution in [0, 0.1) is 5.92 Å². The highest BCUT2D eigenvalue weighted by atomic mass is 35.5. The summed E-state index contributed by atoms with van der Waals surface area (Å²) in [5, 5.41) is 130. The van der Waals surface area contributed by atoms with Crippen molar-refractivity contribution in [3.05, 3.63) is 117 Å². The second-order valence-corrected chi connectivity index (χ2v) is 34.1. The molecule has 43 nitrogen and oxygen atoms in total. The lowest BCUT2D eigenvalue weighted by Gasteiger charge is -2.47. The first-order valence-corrected chi connectivity index (χ1v) is 40.4. The van der Waals surface area contributed by atoms with Gasteiger partial charge in [-0.3, -0.25) is 42.7 Å². The zero-order valence-corrected chi connectivity index (χ0v) is 66.7. The quantitative estimate of drug-likeness (QED) is 0.0182. The highest BCUT2D eigenvalue weighted by Gasteiger charge is 2.59. The molecule has 0 radical (unpaired) electrons. The van der Waals surface area contributed by atoms with Crippen LogP contribution in [0.2, 0.25) is 10.0 Å². The van der Waals surface area contributed by atoms with Crippen LogP contribution in [0.15, 0.2) is 78.9 Å². The predicted molar refractivity (Wildman–Crippen MR) is 405 cm³/mol. The van der Waals surface area contributed by atoms with E-state index >= 15 is 19.2 Å². The molecule has 0 aromatic heterocycles. The fourth-order valence-electron chi connectivity index (χ4n) is 13.7. The molecular weight excluding hydrogens is 1670 g/mol. The van der Waals surface area contributed by atoms with E-state index in [9.17, 15) is 104 Å². The number of phenols is 3. The van der Waals surface area contributed by atoms with Gasteiger partial charge in [0.15, 0.2) is 29.9 Å². The van der Waals surface area contributed by atoms with Crippen molar-refractivity contribution in [3.8, 4) is 57.1 Å². The molecule has 0 aliphatic carbocycles. The zero-order chi connectivity index (χ0) is 87.6. The molecule has 5 aromatic rings. The Bertz CT molecular complexity index is 4810. The van der Waals surface area contributed by atoms with E-state index < -0.39 is 312 Å². The number of fused-ring (bicyclic) bond motifs is 15. The fourth-order valence-corrected chi connectivity index (χ4v) is 16.4. The summed E-state index contributed by atoms with van der Waals surface area (Å²) in [5.74, 6) is -17.1. The summed E-state index contributed by atoms with van der Waals surface area (Å²) in [6.45, 7) is 3.38. The molecule has 7 heterocycles. The first kappa shape index (κ1) is 91.6. The monoisotopic (exact) mass is 1750 g/mol. The van der Waals surface area contributed by atoms with E-state index in [1.54, 1.807) is 13.8 Å². The molecule has 26 N–H and O–H groups in total. The van der Waals surface area contributed by atoms with E-state index in [0.717, 1.165) is 66.7 Å². The first-order valence-electron chi connectivity index (χ1n) is 36.4. The Balaban J connectivity index is 1.16. The van der Waals surface area contributed by atoms with Crippen molar-refractivity contribution in [2.45, 2.75) is 174 Å². The van der Waals surface area contributed by atoms with Crippen molar-refractivity contribution in [3.63, 3.8) is 0 Å². The van der Waals surface area contributed by atoms with E-state index in [1.807, 2.05) is 5.32 Å². The molecule has 119 heavy (non-hydrogen) atoms. The number of rotatable bonds is 21. The lowest BCUT2D eigenvalue weighted by atomic mass is 9.86. The molecule has 5 aromatic carbocycles. The second kappa shape index (κ2) is 37.1. The van der Waals surface area contributed by atoms with E-state index in [4.69, 9.17) is 72.6 Å². The average molecular weight is 1750 g/mol. The third-order valence-electron chi connectivity index (χ3n) is 20.0. The Morgan fingerprint density at radius 1 is 0.714 bits per heavy atom. The number of amides is 8. The van der Waals surface area contributed by atoms with Crippen LogP contribution in [0.4, 0.5) is 4.79 Å². The Morgan fingerprint density at radius 3 is 1.89 bits per heavy atom. The number of alkyl carbamates (subject to hydrolysis) is 1. The minimum absolute atomic E-state index is 0.138. The number of carbonyl (C=O) groups is 9. The molecule has 0 unspecified atom stereocenters. The summed E-state index contributed by atoms with van der Waals surface area (Å²) in [7, 11) is -10.4. The molecule has 2 fully saturated rings. The molecule has 7 aliphatic rings. The number of primary amides is 1. The van der Waals surface area contributed by atoms with Gasteiger partial charge < -0.3 is 163 Å².